The summed E-state index contributed by atoms with van der Waals surface area (Å²) in [4.78, 5) is 22.8. The van der Waals surface area contributed by atoms with E-state index >= 15 is 0 Å². The quantitative estimate of drug-likeness (QED) is 0.598. The molecule has 0 aromatic rings. The number of hydrogen-bond donors (Lipinski definition) is 3. The van der Waals surface area contributed by atoms with Crippen LogP contribution in [-0.2, 0) is 19.4 Å². The lowest BCUT2D eigenvalue weighted by Crippen LogP contribution is -2.53. The van der Waals surface area contributed by atoms with Crippen molar-refractivity contribution < 1.29 is 23.1 Å². The second-order valence-electron chi connectivity index (χ2n) is 5.67. The second-order valence-corrected chi connectivity index (χ2v) is 7.93. The summed E-state index contributed by atoms with van der Waals surface area (Å²) in [5.41, 5.74) is 4.88. The Kier molecular flexibility index (Phi) is 5.95. The van der Waals surface area contributed by atoms with Gasteiger partial charge in [-0.1, -0.05) is 20.8 Å². The normalized spacial score (nSPS) is 15.6. The highest BCUT2D eigenvalue weighted by Crippen LogP contribution is 2.19. The van der Waals surface area contributed by atoms with Gasteiger partial charge < -0.3 is 16.2 Å². The molecular weight excluding hydrogens is 272 g/mol. The van der Waals surface area contributed by atoms with Gasteiger partial charge in [-0.2, -0.15) is 0 Å². The lowest BCUT2D eigenvalue weighted by molar-refractivity contribution is -0.145. The van der Waals surface area contributed by atoms with Crippen LogP contribution in [0.25, 0.3) is 0 Å². The van der Waals surface area contributed by atoms with Crippen LogP contribution >= 0.6 is 0 Å². The highest BCUT2D eigenvalue weighted by molar-refractivity contribution is 7.90. The monoisotopic (exact) mass is 294 g/mol. The molecule has 0 aliphatic heterocycles. The molecule has 0 saturated carbocycles. The molecule has 0 fully saturated rings. The zero-order valence-corrected chi connectivity index (χ0v) is 12.5. The van der Waals surface area contributed by atoms with Gasteiger partial charge in [0.25, 0.3) is 0 Å². The molecule has 112 valence electrons. The Balaban J connectivity index is 4.62. The van der Waals surface area contributed by atoms with Gasteiger partial charge in [0.1, 0.15) is 15.9 Å². The molecule has 19 heavy (non-hydrogen) atoms. The molecule has 0 aromatic carbocycles. The lowest BCUT2D eigenvalue weighted by Gasteiger charge is -2.28. The predicted molar refractivity (Wildman–Crippen MR) is 71.3 cm³/mol. The molecule has 0 rings (SSSR count). The van der Waals surface area contributed by atoms with E-state index in [0.717, 1.165) is 6.26 Å². The number of carbonyl (C=O) groups excluding carboxylic acids is 1. The van der Waals surface area contributed by atoms with Crippen molar-refractivity contribution in [1.82, 2.24) is 5.32 Å². The van der Waals surface area contributed by atoms with Crippen molar-refractivity contribution >= 4 is 21.7 Å². The molecule has 1 unspecified atom stereocenters. The molecule has 2 atom stereocenters. The maximum Gasteiger partial charge on any atom is 0.326 e. The van der Waals surface area contributed by atoms with Crippen molar-refractivity contribution in [2.45, 2.75) is 39.3 Å². The van der Waals surface area contributed by atoms with E-state index in [1.165, 1.54) is 0 Å². The van der Waals surface area contributed by atoms with Gasteiger partial charge in [-0.05, 0) is 11.8 Å². The number of carboxylic acids is 1. The minimum absolute atomic E-state index is 0.0405. The van der Waals surface area contributed by atoms with E-state index in [4.69, 9.17) is 10.8 Å². The van der Waals surface area contributed by atoms with E-state index in [0.29, 0.717) is 0 Å². The van der Waals surface area contributed by atoms with Crippen molar-refractivity contribution in [2.24, 2.45) is 11.1 Å². The molecule has 0 spiro atoms. The zero-order chi connectivity index (χ0) is 15.4. The Hall–Kier alpha value is -1.15. The van der Waals surface area contributed by atoms with Gasteiger partial charge in [0, 0.05) is 6.26 Å². The molecule has 7 nitrogen and oxygen atoms in total. The summed E-state index contributed by atoms with van der Waals surface area (Å²) in [6.07, 6.45) is 1.01. The minimum atomic E-state index is -3.20. The highest BCUT2D eigenvalue weighted by atomic mass is 32.2. The molecule has 8 heteroatoms. The molecule has 0 saturated heterocycles. The minimum Gasteiger partial charge on any atom is -0.480 e. The smallest absolute Gasteiger partial charge is 0.326 e. The van der Waals surface area contributed by atoms with Crippen LogP contribution in [-0.4, -0.2) is 49.5 Å². The SMILES string of the molecule is CC(C)(C)[C@@H](NC(=O)C(N)CCS(C)(=O)=O)C(=O)O. The fourth-order valence-corrected chi connectivity index (χ4v) is 2.05. The molecule has 4 N–H and O–H groups in total. The standard InChI is InChI=1S/C11H22N2O5S/c1-11(2,3)8(10(15)16)13-9(14)7(12)5-6-19(4,17)18/h7-8H,5-6,12H2,1-4H3,(H,13,14)(H,15,16)/t7?,8-/m0/s1. The Labute approximate surface area is 113 Å². The highest BCUT2D eigenvalue weighted by Gasteiger charge is 2.33. The van der Waals surface area contributed by atoms with Crippen LogP contribution in [0.15, 0.2) is 0 Å². The molecular formula is C11H22N2O5S. The molecule has 0 radical (unpaired) electrons. The van der Waals surface area contributed by atoms with Gasteiger partial charge in [0.05, 0.1) is 11.8 Å². The Morgan fingerprint density at radius 3 is 2.11 bits per heavy atom. The molecule has 0 bridgehead atoms. The first-order chi connectivity index (χ1) is 8.34. The second kappa shape index (κ2) is 6.33. The van der Waals surface area contributed by atoms with Gasteiger partial charge in [-0.25, -0.2) is 13.2 Å². The third kappa shape index (κ3) is 7.12. The summed E-state index contributed by atoms with van der Waals surface area (Å²) in [6, 6.07) is -2.12. The lowest BCUT2D eigenvalue weighted by atomic mass is 9.86. The van der Waals surface area contributed by atoms with Crippen LogP contribution in [0.3, 0.4) is 0 Å². The number of rotatable bonds is 6. The van der Waals surface area contributed by atoms with Gasteiger partial charge >= 0.3 is 5.97 Å². The third-order valence-electron chi connectivity index (χ3n) is 2.54. The molecule has 0 heterocycles. The van der Waals surface area contributed by atoms with E-state index in [9.17, 15) is 18.0 Å². The van der Waals surface area contributed by atoms with Gasteiger partial charge in [-0.3, -0.25) is 4.79 Å². The van der Waals surface area contributed by atoms with E-state index in [-0.39, 0.29) is 12.2 Å². The number of carboxylic acid groups (broad SMARTS) is 1. The van der Waals surface area contributed by atoms with Gasteiger partial charge in [-0.15, -0.1) is 0 Å². The summed E-state index contributed by atoms with van der Waals surface area (Å²) < 4.78 is 21.9. The number of carbonyl (C=O) groups is 2. The van der Waals surface area contributed by atoms with Crippen LogP contribution in [0.4, 0.5) is 0 Å². The topological polar surface area (TPSA) is 127 Å². The first-order valence-corrected chi connectivity index (χ1v) is 7.87. The molecule has 0 aliphatic carbocycles. The van der Waals surface area contributed by atoms with Crippen molar-refractivity contribution in [3.63, 3.8) is 0 Å². The molecule has 1 amide bonds. The average molecular weight is 294 g/mol. The Bertz CT molecular complexity index is 438. The van der Waals surface area contributed by atoms with Crippen molar-refractivity contribution in [3.8, 4) is 0 Å². The van der Waals surface area contributed by atoms with Crippen LogP contribution in [0.5, 0.6) is 0 Å². The predicted octanol–water partition coefficient (Wildman–Crippen LogP) is -0.636. The third-order valence-corrected chi connectivity index (χ3v) is 3.51. The van der Waals surface area contributed by atoms with Crippen LogP contribution in [0, 0.1) is 5.41 Å². The summed E-state index contributed by atoms with van der Waals surface area (Å²) in [7, 11) is -3.20. The molecule has 0 aromatic heterocycles. The van der Waals surface area contributed by atoms with Gasteiger partial charge in [0.15, 0.2) is 0 Å². The largest absolute Gasteiger partial charge is 0.480 e. The average Bonchev–Trinajstić information content (AvgIpc) is 2.18. The fraction of sp³-hybridized carbons (Fsp3) is 0.818. The Morgan fingerprint density at radius 1 is 1.32 bits per heavy atom. The number of nitrogens with two attached hydrogens (primary N) is 1. The first-order valence-electron chi connectivity index (χ1n) is 5.81. The van der Waals surface area contributed by atoms with Crippen LogP contribution in [0.2, 0.25) is 0 Å². The Morgan fingerprint density at radius 2 is 1.79 bits per heavy atom. The van der Waals surface area contributed by atoms with Gasteiger partial charge in [0.2, 0.25) is 5.91 Å². The first kappa shape index (κ1) is 17.8. The number of nitrogens with one attached hydrogen (secondary N) is 1. The zero-order valence-electron chi connectivity index (χ0n) is 11.6. The van der Waals surface area contributed by atoms with E-state index in [1.807, 2.05) is 0 Å². The van der Waals surface area contributed by atoms with E-state index in [2.05, 4.69) is 5.32 Å². The summed E-state index contributed by atoms with van der Waals surface area (Å²) in [5.74, 6) is -2.03. The van der Waals surface area contributed by atoms with E-state index < -0.39 is 39.2 Å². The van der Waals surface area contributed by atoms with Crippen molar-refractivity contribution in [3.05, 3.63) is 0 Å². The number of sulfone groups is 1. The van der Waals surface area contributed by atoms with E-state index in [1.54, 1.807) is 20.8 Å². The van der Waals surface area contributed by atoms with Crippen LogP contribution in [0.1, 0.15) is 27.2 Å². The summed E-state index contributed by atoms with van der Waals surface area (Å²) in [5, 5.41) is 11.4. The molecule has 0 aliphatic rings. The maximum atomic E-state index is 11.7. The number of amides is 1. The van der Waals surface area contributed by atoms with Crippen molar-refractivity contribution in [1.29, 1.82) is 0 Å². The maximum absolute atomic E-state index is 11.7. The summed E-state index contributed by atoms with van der Waals surface area (Å²) in [6.45, 7) is 5.02. The summed E-state index contributed by atoms with van der Waals surface area (Å²) >= 11 is 0. The number of aliphatic carboxylic acids is 1. The number of hydrogen-bond acceptors (Lipinski definition) is 5. The fourth-order valence-electron chi connectivity index (χ4n) is 1.37. The van der Waals surface area contributed by atoms with Crippen molar-refractivity contribution in [2.75, 3.05) is 12.0 Å². The van der Waals surface area contributed by atoms with Crippen LogP contribution < -0.4 is 11.1 Å².